The van der Waals surface area contributed by atoms with Gasteiger partial charge < -0.3 is 18.9 Å². The second-order valence-electron chi connectivity index (χ2n) is 9.78. The Hall–Kier alpha value is -3.85. The standard InChI is InChI=1S/C31H36N2O6S/c1-8-19(5)39-23-13-10-21(11-14-23)16-26-29(34)33-28(22-12-15-24(38-18(3)4)25(17-22)36-7)27(30(35)37-9-2)20(6)32-31(33)40-26/h10-19,28H,8-9H2,1-7H3/b26-16-/t19-,28+/m1/s1. The molecule has 0 saturated carbocycles. The van der Waals surface area contributed by atoms with Gasteiger partial charge in [0.2, 0.25) is 0 Å². The van der Waals surface area contributed by atoms with Crippen molar-refractivity contribution in [3.63, 3.8) is 0 Å². The van der Waals surface area contributed by atoms with Crippen molar-refractivity contribution in [2.75, 3.05) is 13.7 Å². The maximum Gasteiger partial charge on any atom is 0.338 e. The molecule has 9 heteroatoms. The van der Waals surface area contributed by atoms with Crippen LogP contribution in [0, 0.1) is 0 Å². The monoisotopic (exact) mass is 564 g/mol. The molecule has 4 rings (SSSR count). The van der Waals surface area contributed by atoms with Crippen molar-refractivity contribution in [2.45, 2.75) is 66.2 Å². The number of fused-ring (bicyclic) bond motifs is 1. The fourth-order valence-corrected chi connectivity index (χ4v) is 5.47. The van der Waals surface area contributed by atoms with Crippen LogP contribution in [0.15, 0.2) is 63.5 Å². The van der Waals surface area contributed by atoms with Crippen molar-refractivity contribution < 1.29 is 23.7 Å². The SMILES string of the molecule is CCOC(=O)C1=C(C)N=c2s/c(=C\c3ccc(O[C@H](C)CC)cc3)c(=O)n2[C@H]1c1ccc(OC(C)C)c(OC)c1. The zero-order chi connectivity index (χ0) is 29.0. The summed E-state index contributed by atoms with van der Waals surface area (Å²) in [4.78, 5) is 32.2. The quantitative estimate of drug-likeness (QED) is 0.330. The van der Waals surface area contributed by atoms with Gasteiger partial charge in [-0.25, -0.2) is 9.79 Å². The first-order valence-electron chi connectivity index (χ1n) is 13.5. The molecule has 0 N–H and O–H groups in total. The highest BCUT2D eigenvalue weighted by molar-refractivity contribution is 7.07. The Kier molecular flexibility index (Phi) is 9.14. The fraction of sp³-hybridized carbons (Fsp3) is 0.387. The number of allylic oxidation sites excluding steroid dienone is 1. The molecule has 0 fully saturated rings. The Morgan fingerprint density at radius 1 is 1.07 bits per heavy atom. The van der Waals surface area contributed by atoms with Crippen LogP contribution < -0.4 is 29.1 Å². The summed E-state index contributed by atoms with van der Waals surface area (Å²) in [7, 11) is 1.56. The summed E-state index contributed by atoms with van der Waals surface area (Å²) in [6.45, 7) is 11.7. The van der Waals surface area contributed by atoms with Gasteiger partial charge in [0, 0.05) is 0 Å². The van der Waals surface area contributed by atoms with E-state index in [1.54, 1.807) is 37.7 Å². The van der Waals surface area contributed by atoms with E-state index in [1.165, 1.54) is 11.3 Å². The normalized spacial score (nSPS) is 15.9. The first-order valence-corrected chi connectivity index (χ1v) is 14.3. The van der Waals surface area contributed by atoms with E-state index in [0.29, 0.717) is 37.7 Å². The van der Waals surface area contributed by atoms with Crippen molar-refractivity contribution in [1.29, 1.82) is 0 Å². The molecule has 2 atom stereocenters. The minimum atomic E-state index is -0.745. The van der Waals surface area contributed by atoms with Crippen LogP contribution in [-0.2, 0) is 9.53 Å². The number of methoxy groups -OCH3 is 1. The second-order valence-corrected chi connectivity index (χ2v) is 10.8. The van der Waals surface area contributed by atoms with Gasteiger partial charge in [0.1, 0.15) is 5.75 Å². The van der Waals surface area contributed by atoms with Crippen molar-refractivity contribution in [1.82, 2.24) is 4.57 Å². The van der Waals surface area contributed by atoms with Gasteiger partial charge >= 0.3 is 5.97 Å². The number of thiazole rings is 1. The van der Waals surface area contributed by atoms with E-state index in [-0.39, 0.29) is 24.4 Å². The van der Waals surface area contributed by atoms with Crippen molar-refractivity contribution in [2.24, 2.45) is 4.99 Å². The molecule has 212 valence electrons. The molecule has 2 heterocycles. The lowest BCUT2D eigenvalue weighted by atomic mass is 9.95. The summed E-state index contributed by atoms with van der Waals surface area (Å²) in [6, 6.07) is 12.3. The highest BCUT2D eigenvalue weighted by atomic mass is 32.1. The van der Waals surface area contributed by atoms with Crippen LogP contribution in [0.1, 0.15) is 65.1 Å². The van der Waals surface area contributed by atoms with Crippen LogP contribution in [0.2, 0.25) is 0 Å². The molecule has 0 bridgehead atoms. The van der Waals surface area contributed by atoms with Gasteiger partial charge in [0.15, 0.2) is 16.3 Å². The number of aromatic nitrogens is 1. The van der Waals surface area contributed by atoms with Gasteiger partial charge in [-0.1, -0.05) is 36.5 Å². The Morgan fingerprint density at radius 3 is 2.42 bits per heavy atom. The molecule has 3 aromatic rings. The minimum Gasteiger partial charge on any atom is -0.493 e. The highest BCUT2D eigenvalue weighted by Gasteiger charge is 2.34. The number of carbonyl (C=O) groups excluding carboxylic acids is 1. The van der Waals surface area contributed by atoms with Crippen LogP contribution in [0.5, 0.6) is 17.2 Å². The molecule has 0 amide bonds. The lowest BCUT2D eigenvalue weighted by molar-refractivity contribution is -0.139. The number of hydrogen-bond acceptors (Lipinski definition) is 8. The van der Waals surface area contributed by atoms with Crippen LogP contribution in [0.3, 0.4) is 0 Å². The topological polar surface area (TPSA) is 88.4 Å². The predicted molar refractivity (Wildman–Crippen MR) is 156 cm³/mol. The largest absolute Gasteiger partial charge is 0.493 e. The van der Waals surface area contributed by atoms with Crippen molar-refractivity contribution in [3.8, 4) is 17.2 Å². The summed E-state index contributed by atoms with van der Waals surface area (Å²) < 4.78 is 24.8. The van der Waals surface area contributed by atoms with E-state index in [9.17, 15) is 9.59 Å². The maximum absolute atomic E-state index is 13.9. The summed E-state index contributed by atoms with van der Waals surface area (Å²) in [5.41, 5.74) is 2.11. The number of benzene rings is 2. The predicted octanol–water partition coefficient (Wildman–Crippen LogP) is 4.77. The lowest BCUT2D eigenvalue weighted by Crippen LogP contribution is -2.40. The van der Waals surface area contributed by atoms with E-state index in [1.807, 2.05) is 57.2 Å². The molecule has 1 aliphatic rings. The van der Waals surface area contributed by atoms with E-state index < -0.39 is 12.0 Å². The minimum absolute atomic E-state index is 0.0506. The van der Waals surface area contributed by atoms with E-state index in [2.05, 4.69) is 11.9 Å². The average molecular weight is 565 g/mol. The Morgan fingerprint density at radius 2 is 1.80 bits per heavy atom. The third kappa shape index (κ3) is 6.14. The van der Waals surface area contributed by atoms with Crippen LogP contribution in [0.4, 0.5) is 0 Å². The van der Waals surface area contributed by atoms with Crippen molar-refractivity contribution >= 4 is 23.4 Å². The maximum atomic E-state index is 13.9. The molecule has 0 unspecified atom stereocenters. The van der Waals surface area contributed by atoms with Gasteiger partial charge in [-0.2, -0.15) is 0 Å². The summed E-state index contributed by atoms with van der Waals surface area (Å²) >= 11 is 1.28. The molecule has 0 spiro atoms. The third-order valence-corrected chi connectivity index (χ3v) is 7.46. The van der Waals surface area contributed by atoms with E-state index in [0.717, 1.165) is 17.7 Å². The summed E-state index contributed by atoms with van der Waals surface area (Å²) in [6.07, 6.45) is 2.81. The average Bonchev–Trinajstić information content (AvgIpc) is 3.22. The number of nitrogens with zero attached hydrogens (tertiary/aromatic N) is 2. The van der Waals surface area contributed by atoms with Gasteiger partial charge in [-0.3, -0.25) is 9.36 Å². The number of rotatable bonds is 10. The molecule has 0 aliphatic carbocycles. The van der Waals surface area contributed by atoms with Gasteiger partial charge in [0.05, 0.1) is 47.8 Å². The number of carbonyl (C=O) groups is 1. The molecule has 8 nitrogen and oxygen atoms in total. The second kappa shape index (κ2) is 12.6. The summed E-state index contributed by atoms with van der Waals surface area (Å²) in [5.74, 6) is 1.35. The Balaban J connectivity index is 1.85. The molecule has 40 heavy (non-hydrogen) atoms. The Bertz CT molecular complexity index is 1580. The summed E-state index contributed by atoms with van der Waals surface area (Å²) in [5, 5.41) is 0. The smallest absolute Gasteiger partial charge is 0.338 e. The molecule has 0 radical (unpaired) electrons. The van der Waals surface area contributed by atoms with E-state index >= 15 is 0 Å². The van der Waals surface area contributed by atoms with Gasteiger partial charge in [-0.05, 0) is 82.5 Å². The highest BCUT2D eigenvalue weighted by Crippen LogP contribution is 2.36. The number of ether oxygens (including phenoxy) is 4. The van der Waals surface area contributed by atoms with Gasteiger partial charge in [0.25, 0.3) is 5.56 Å². The number of hydrogen-bond donors (Lipinski definition) is 0. The lowest BCUT2D eigenvalue weighted by Gasteiger charge is -2.25. The van der Waals surface area contributed by atoms with E-state index in [4.69, 9.17) is 18.9 Å². The van der Waals surface area contributed by atoms with Crippen LogP contribution >= 0.6 is 11.3 Å². The third-order valence-electron chi connectivity index (χ3n) is 6.47. The van der Waals surface area contributed by atoms with Gasteiger partial charge in [-0.15, -0.1) is 0 Å². The zero-order valence-electron chi connectivity index (χ0n) is 24.0. The molecule has 2 aromatic carbocycles. The first kappa shape index (κ1) is 29.1. The molecular formula is C31H36N2O6S. The Labute approximate surface area is 238 Å². The first-order chi connectivity index (χ1) is 19.2. The molecule has 1 aromatic heterocycles. The van der Waals surface area contributed by atoms with Crippen LogP contribution in [-0.4, -0.2) is 36.5 Å². The zero-order valence-corrected chi connectivity index (χ0v) is 24.8. The molecule has 1 aliphatic heterocycles. The molecular weight excluding hydrogens is 528 g/mol. The van der Waals surface area contributed by atoms with Crippen LogP contribution in [0.25, 0.3) is 6.08 Å². The fourth-order valence-electron chi connectivity index (χ4n) is 4.42. The number of esters is 1. The molecule has 0 saturated heterocycles. The van der Waals surface area contributed by atoms with Crippen molar-refractivity contribution in [3.05, 3.63) is 84.5 Å².